The van der Waals surface area contributed by atoms with E-state index in [1.807, 2.05) is 0 Å². The molecule has 0 fully saturated rings. The summed E-state index contributed by atoms with van der Waals surface area (Å²) in [5, 5.41) is 44.0. The van der Waals surface area contributed by atoms with Gasteiger partial charge in [-0.1, -0.05) is 296 Å². The van der Waals surface area contributed by atoms with Gasteiger partial charge in [-0.05, 0) is 38.5 Å². The van der Waals surface area contributed by atoms with Crippen LogP contribution in [0, 0.1) is 0 Å². The molecule has 6 heteroatoms. The van der Waals surface area contributed by atoms with Gasteiger partial charge in [-0.25, -0.2) is 0 Å². The summed E-state index contributed by atoms with van der Waals surface area (Å²) >= 11 is 0. The van der Waals surface area contributed by atoms with E-state index in [9.17, 15) is 25.2 Å². The van der Waals surface area contributed by atoms with Gasteiger partial charge in [0.05, 0.1) is 18.8 Å². The van der Waals surface area contributed by atoms with Crippen LogP contribution < -0.4 is 5.32 Å². The van der Waals surface area contributed by atoms with Crippen LogP contribution in [0.3, 0.4) is 0 Å². The Morgan fingerprint density at radius 3 is 0.938 bits per heavy atom. The molecule has 0 saturated carbocycles. The molecule has 0 aromatic carbocycles. The molecule has 382 valence electrons. The molecule has 0 spiro atoms. The van der Waals surface area contributed by atoms with E-state index in [1.54, 1.807) is 0 Å². The highest BCUT2D eigenvalue weighted by atomic mass is 16.3. The van der Waals surface area contributed by atoms with Crippen LogP contribution in [0.15, 0.2) is 12.2 Å². The molecule has 0 bridgehead atoms. The minimum atomic E-state index is -1.28. The molecular weight excluding hydrogens is 791 g/mol. The maximum Gasteiger partial charge on any atom is 0.249 e. The van der Waals surface area contributed by atoms with E-state index >= 15 is 0 Å². The lowest BCUT2D eigenvalue weighted by Gasteiger charge is -2.27. The van der Waals surface area contributed by atoms with E-state index in [-0.39, 0.29) is 0 Å². The summed E-state index contributed by atoms with van der Waals surface area (Å²) in [4.78, 5) is 12.6. The van der Waals surface area contributed by atoms with Crippen molar-refractivity contribution in [1.82, 2.24) is 5.32 Å². The van der Waals surface area contributed by atoms with Crippen molar-refractivity contribution in [2.24, 2.45) is 0 Å². The number of aliphatic hydroxyl groups excluding tert-OH is 4. The quantitative estimate of drug-likeness (QED) is 0.0308. The van der Waals surface area contributed by atoms with Crippen molar-refractivity contribution in [3.8, 4) is 0 Å². The molecule has 0 aliphatic heterocycles. The summed E-state index contributed by atoms with van der Waals surface area (Å²) in [7, 11) is 0. The topological polar surface area (TPSA) is 110 Å². The van der Waals surface area contributed by atoms with Crippen molar-refractivity contribution in [2.75, 3.05) is 6.61 Å². The van der Waals surface area contributed by atoms with Crippen molar-refractivity contribution in [3.05, 3.63) is 12.2 Å². The van der Waals surface area contributed by atoms with Crippen LogP contribution in [0.25, 0.3) is 0 Å². The zero-order valence-electron chi connectivity index (χ0n) is 43.3. The second kappa shape index (κ2) is 53.0. The van der Waals surface area contributed by atoms with E-state index < -0.39 is 36.9 Å². The fraction of sp³-hybridized carbons (Fsp3) is 0.948. The molecule has 0 radical (unpaired) electrons. The number of carbonyl (C=O) groups excluding carboxylic acids is 1. The van der Waals surface area contributed by atoms with Gasteiger partial charge in [-0.2, -0.15) is 0 Å². The number of nitrogens with one attached hydrogen (secondary N) is 1. The minimum absolute atomic E-state index is 0.369. The Kier molecular flexibility index (Phi) is 52.2. The van der Waals surface area contributed by atoms with Gasteiger partial charge in [0.2, 0.25) is 5.91 Å². The highest BCUT2D eigenvalue weighted by Crippen LogP contribution is 2.18. The normalized spacial score (nSPS) is 13.8. The van der Waals surface area contributed by atoms with Gasteiger partial charge < -0.3 is 25.7 Å². The standard InChI is InChI=1S/C58H115NO5/c1-3-5-7-9-11-13-15-17-19-21-23-25-27-28-29-30-32-33-35-37-39-41-43-45-47-49-51-55(61)57(63)54(53-60)59-58(64)56(62)52-50-48-46-44-42-40-38-36-34-31-26-24-22-20-18-16-14-12-10-8-6-4-2/h43,45,54-57,60-63H,3-42,44,46-53H2,1-2H3,(H,59,64)/b45-43+. The van der Waals surface area contributed by atoms with E-state index in [0.29, 0.717) is 12.8 Å². The number of hydrogen-bond donors (Lipinski definition) is 5. The first-order chi connectivity index (χ1) is 31.5. The van der Waals surface area contributed by atoms with Crippen LogP contribution in [0.5, 0.6) is 0 Å². The van der Waals surface area contributed by atoms with Crippen molar-refractivity contribution in [1.29, 1.82) is 0 Å². The summed E-state index contributed by atoms with van der Waals surface area (Å²) in [6.07, 6.45) is 62.9. The molecule has 64 heavy (non-hydrogen) atoms. The number of rotatable bonds is 54. The molecule has 0 rings (SSSR count). The Morgan fingerprint density at radius 1 is 0.375 bits per heavy atom. The summed E-state index contributed by atoms with van der Waals surface area (Å²) in [5.41, 5.74) is 0. The van der Waals surface area contributed by atoms with Crippen molar-refractivity contribution < 1.29 is 25.2 Å². The first kappa shape index (κ1) is 63.0. The van der Waals surface area contributed by atoms with Gasteiger partial charge in [0.15, 0.2) is 0 Å². The van der Waals surface area contributed by atoms with Crippen LogP contribution in [0.4, 0.5) is 0 Å². The van der Waals surface area contributed by atoms with Crippen molar-refractivity contribution in [2.45, 2.75) is 346 Å². The number of unbranched alkanes of at least 4 members (excludes halogenated alkanes) is 43. The van der Waals surface area contributed by atoms with Crippen molar-refractivity contribution >= 4 is 5.91 Å². The van der Waals surface area contributed by atoms with Gasteiger partial charge in [-0.15, -0.1) is 0 Å². The number of carbonyl (C=O) groups is 1. The fourth-order valence-electron chi connectivity index (χ4n) is 9.41. The molecule has 5 N–H and O–H groups in total. The van der Waals surface area contributed by atoms with Crippen molar-refractivity contribution in [3.63, 3.8) is 0 Å². The van der Waals surface area contributed by atoms with Gasteiger partial charge in [-0.3, -0.25) is 4.79 Å². The first-order valence-corrected chi connectivity index (χ1v) is 29.1. The Labute approximate surface area is 400 Å². The predicted octanol–water partition coefficient (Wildman–Crippen LogP) is 16.9. The van der Waals surface area contributed by atoms with Crippen LogP contribution in [0.2, 0.25) is 0 Å². The van der Waals surface area contributed by atoms with Gasteiger partial charge in [0, 0.05) is 0 Å². The third kappa shape index (κ3) is 46.2. The Bertz CT molecular complexity index is 928. The zero-order chi connectivity index (χ0) is 46.7. The molecular formula is C58H115NO5. The molecule has 0 saturated heterocycles. The molecule has 4 atom stereocenters. The maximum absolute atomic E-state index is 12.6. The summed E-state index contributed by atoms with van der Waals surface area (Å²) in [5.74, 6) is -0.586. The lowest BCUT2D eigenvalue weighted by molar-refractivity contribution is -0.132. The van der Waals surface area contributed by atoms with E-state index in [2.05, 4.69) is 31.3 Å². The number of hydrogen-bond acceptors (Lipinski definition) is 5. The predicted molar refractivity (Wildman–Crippen MR) is 279 cm³/mol. The molecule has 1 amide bonds. The van der Waals surface area contributed by atoms with E-state index in [0.717, 1.165) is 38.5 Å². The molecule has 0 aliphatic rings. The molecule has 0 aromatic rings. The number of amides is 1. The summed E-state index contributed by atoms with van der Waals surface area (Å²) in [6, 6.07) is -0.999. The molecule has 0 aromatic heterocycles. The zero-order valence-corrected chi connectivity index (χ0v) is 43.3. The largest absolute Gasteiger partial charge is 0.394 e. The smallest absolute Gasteiger partial charge is 0.249 e. The molecule has 4 unspecified atom stereocenters. The summed E-state index contributed by atoms with van der Waals surface area (Å²) < 4.78 is 0. The SMILES string of the molecule is CCCCCCCCCCCCCCCCCCCCCCC/C=C/CCCC(O)C(O)C(CO)NC(=O)C(O)CCCCCCCCCCCCCCCCCCCCCCCC. The van der Waals surface area contributed by atoms with Crippen LogP contribution in [-0.2, 0) is 4.79 Å². The minimum Gasteiger partial charge on any atom is -0.394 e. The Morgan fingerprint density at radius 2 is 0.641 bits per heavy atom. The monoisotopic (exact) mass is 906 g/mol. The van der Waals surface area contributed by atoms with E-state index in [4.69, 9.17) is 0 Å². The van der Waals surface area contributed by atoms with Crippen LogP contribution in [-0.4, -0.2) is 57.3 Å². The average molecular weight is 907 g/mol. The Hall–Kier alpha value is -0.950. The molecule has 6 nitrogen and oxygen atoms in total. The molecule has 0 aliphatic carbocycles. The summed E-state index contributed by atoms with van der Waals surface area (Å²) in [6.45, 7) is 4.09. The lowest BCUT2D eigenvalue weighted by atomic mass is 10.00. The van der Waals surface area contributed by atoms with Crippen LogP contribution >= 0.6 is 0 Å². The highest BCUT2D eigenvalue weighted by Gasteiger charge is 2.28. The average Bonchev–Trinajstić information content (AvgIpc) is 3.30. The van der Waals surface area contributed by atoms with Crippen LogP contribution in [0.1, 0.15) is 322 Å². The fourth-order valence-corrected chi connectivity index (χ4v) is 9.41. The van der Waals surface area contributed by atoms with Gasteiger partial charge in [0.1, 0.15) is 12.2 Å². The van der Waals surface area contributed by atoms with E-state index in [1.165, 1.54) is 257 Å². The Balaban J connectivity index is 3.62. The second-order valence-corrected chi connectivity index (χ2v) is 20.3. The lowest BCUT2D eigenvalue weighted by Crippen LogP contribution is -2.53. The third-order valence-electron chi connectivity index (χ3n) is 14.0. The second-order valence-electron chi connectivity index (χ2n) is 20.3. The number of allylic oxidation sites excluding steroid dienone is 2. The molecule has 0 heterocycles. The number of aliphatic hydroxyl groups is 4. The highest BCUT2D eigenvalue weighted by molar-refractivity contribution is 5.80. The third-order valence-corrected chi connectivity index (χ3v) is 14.0. The van der Waals surface area contributed by atoms with Gasteiger partial charge in [0.25, 0.3) is 0 Å². The first-order valence-electron chi connectivity index (χ1n) is 29.1. The van der Waals surface area contributed by atoms with Gasteiger partial charge >= 0.3 is 0 Å². The maximum atomic E-state index is 12.6.